The van der Waals surface area contributed by atoms with Gasteiger partial charge in [0.1, 0.15) is 5.75 Å². The molecule has 2 rings (SSSR count). The summed E-state index contributed by atoms with van der Waals surface area (Å²) < 4.78 is 0.770. The number of aromatic hydroxyl groups is 1. The average Bonchev–Trinajstić information content (AvgIpc) is 2.33. The zero-order valence-corrected chi connectivity index (χ0v) is 11.0. The second kappa shape index (κ2) is 5.17. The molecule has 0 bridgehead atoms. The lowest BCUT2D eigenvalue weighted by Crippen LogP contribution is -2.44. The molecule has 0 spiro atoms. The Bertz CT molecular complexity index is 364. The smallest absolute Gasteiger partial charge is 0.129 e. The number of nitrogens with zero attached hydrogens (tertiary/aromatic N) is 1. The molecule has 0 aromatic heterocycles. The van der Waals surface area contributed by atoms with Crippen molar-refractivity contribution in [1.82, 2.24) is 10.2 Å². The van der Waals surface area contributed by atoms with E-state index in [1.54, 1.807) is 6.07 Å². The van der Waals surface area contributed by atoms with Gasteiger partial charge in [0.05, 0.1) is 4.47 Å². The second-order valence-corrected chi connectivity index (χ2v) is 5.03. The average molecular weight is 285 g/mol. The highest BCUT2D eigenvalue weighted by Gasteiger charge is 2.18. The number of phenolic OH excluding ortho intramolecular Hbond substituents is 1. The summed E-state index contributed by atoms with van der Waals surface area (Å²) >= 11 is 3.36. The molecule has 16 heavy (non-hydrogen) atoms. The molecular formula is C12H17BrN2O. The van der Waals surface area contributed by atoms with Crippen molar-refractivity contribution in [3.63, 3.8) is 0 Å². The van der Waals surface area contributed by atoms with E-state index in [4.69, 9.17) is 0 Å². The third-order valence-corrected chi connectivity index (χ3v) is 3.79. The van der Waals surface area contributed by atoms with Gasteiger partial charge in [-0.05, 0) is 40.5 Å². The van der Waals surface area contributed by atoms with Crippen LogP contribution in [0.4, 0.5) is 0 Å². The van der Waals surface area contributed by atoms with Gasteiger partial charge < -0.3 is 10.4 Å². The Morgan fingerprint density at radius 3 is 2.69 bits per heavy atom. The molecule has 1 aliphatic rings. The molecule has 1 aliphatic heterocycles. The van der Waals surface area contributed by atoms with Crippen LogP contribution in [0, 0.1) is 0 Å². The summed E-state index contributed by atoms with van der Waals surface area (Å²) in [6.07, 6.45) is 0. The van der Waals surface area contributed by atoms with Crippen molar-refractivity contribution in [3.05, 3.63) is 28.2 Å². The fourth-order valence-corrected chi connectivity index (χ4v) is 2.46. The Balaban J connectivity index is 2.12. The van der Waals surface area contributed by atoms with Crippen LogP contribution in [-0.2, 0) is 0 Å². The summed E-state index contributed by atoms with van der Waals surface area (Å²) in [7, 11) is 0. The molecule has 3 nitrogen and oxygen atoms in total. The van der Waals surface area contributed by atoms with Gasteiger partial charge in [-0.3, -0.25) is 4.90 Å². The largest absolute Gasteiger partial charge is 0.507 e. The van der Waals surface area contributed by atoms with E-state index in [0.29, 0.717) is 11.8 Å². The highest BCUT2D eigenvalue weighted by Crippen LogP contribution is 2.29. The lowest BCUT2D eigenvalue weighted by Gasteiger charge is -2.33. The Labute approximate surface area is 105 Å². The maximum absolute atomic E-state index is 9.47. The summed E-state index contributed by atoms with van der Waals surface area (Å²) in [5, 5.41) is 12.8. The van der Waals surface area contributed by atoms with E-state index < -0.39 is 0 Å². The van der Waals surface area contributed by atoms with Crippen molar-refractivity contribution in [2.75, 3.05) is 26.2 Å². The molecule has 1 fully saturated rings. The fourth-order valence-electron chi connectivity index (χ4n) is 2.06. The summed E-state index contributed by atoms with van der Waals surface area (Å²) in [4.78, 5) is 2.45. The highest BCUT2D eigenvalue weighted by atomic mass is 79.9. The minimum Gasteiger partial charge on any atom is -0.507 e. The summed E-state index contributed by atoms with van der Waals surface area (Å²) in [6.45, 7) is 6.50. The van der Waals surface area contributed by atoms with Gasteiger partial charge in [-0.25, -0.2) is 0 Å². The molecule has 1 heterocycles. The minimum absolute atomic E-state index is 0.302. The molecule has 0 aliphatic carbocycles. The first-order valence-corrected chi connectivity index (χ1v) is 6.41. The number of rotatable bonds is 2. The van der Waals surface area contributed by atoms with Crippen molar-refractivity contribution in [3.8, 4) is 5.75 Å². The molecule has 4 heteroatoms. The third kappa shape index (κ3) is 2.56. The van der Waals surface area contributed by atoms with Crippen LogP contribution in [0.2, 0.25) is 0 Å². The molecule has 1 aromatic rings. The van der Waals surface area contributed by atoms with E-state index in [1.165, 1.54) is 5.56 Å². The van der Waals surface area contributed by atoms with Crippen LogP contribution in [-0.4, -0.2) is 36.2 Å². The topological polar surface area (TPSA) is 35.5 Å². The first-order chi connectivity index (χ1) is 7.68. The standard InChI is InChI=1S/C12H17BrN2O/c1-9(15-6-4-14-5-7-15)10-2-3-12(16)11(13)8-10/h2-3,8-9,14,16H,4-7H2,1H3. The number of nitrogens with one attached hydrogen (secondary N) is 1. The Morgan fingerprint density at radius 1 is 1.38 bits per heavy atom. The number of piperazine rings is 1. The van der Waals surface area contributed by atoms with Crippen LogP contribution in [0.1, 0.15) is 18.5 Å². The monoisotopic (exact) mass is 284 g/mol. The number of benzene rings is 1. The molecule has 0 saturated carbocycles. The van der Waals surface area contributed by atoms with Crippen molar-refractivity contribution in [1.29, 1.82) is 0 Å². The predicted octanol–water partition coefficient (Wildman–Crippen LogP) is 2.12. The van der Waals surface area contributed by atoms with Crippen LogP contribution in [0.3, 0.4) is 0 Å². The molecule has 1 unspecified atom stereocenters. The molecule has 0 amide bonds. The van der Waals surface area contributed by atoms with Crippen LogP contribution in [0.25, 0.3) is 0 Å². The van der Waals surface area contributed by atoms with Gasteiger partial charge in [-0.1, -0.05) is 6.07 Å². The predicted molar refractivity (Wildman–Crippen MR) is 68.7 cm³/mol. The fraction of sp³-hybridized carbons (Fsp3) is 0.500. The first kappa shape index (κ1) is 11.9. The quantitative estimate of drug-likeness (QED) is 0.873. The number of halogens is 1. The zero-order valence-electron chi connectivity index (χ0n) is 9.41. The lowest BCUT2D eigenvalue weighted by molar-refractivity contribution is 0.185. The maximum Gasteiger partial charge on any atom is 0.129 e. The molecule has 0 radical (unpaired) electrons. The Hall–Kier alpha value is -0.580. The minimum atomic E-state index is 0.302. The third-order valence-electron chi connectivity index (χ3n) is 3.15. The van der Waals surface area contributed by atoms with E-state index in [9.17, 15) is 5.11 Å². The van der Waals surface area contributed by atoms with E-state index in [-0.39, 0.29) is 0 Å². The zero-order chi connectivity index (χ0) is 11.5. The van der Waals surface area contributed by atoms with E-state index >= 15 is 0 Å². The Morgan fingerprint density at radius 2 is 2.06 bits per heavy atom. The number of phenols is 1. The highest BCUT2D eigenvalue weighted by molar-refractivity contribution is 9.10. The van der Waals surface area contributed by atoms with Gasteiger partial charge in [0.2, 0.25) is 0 Å². The van der Waals surface area contributed by atoms with Gasteiger partial charge in [-0.15, -0.1) is 0 Å². The SMILES string of the molecule is CC(c1ccc(O)c(Br)c1)N1CCNCC1. The van der Waals surface area contributed by atoms with Crippen molar-refractivity contribution in [2.45, 2.75) is 13.0 Å². The van der Waals surface area contributed by atoms with E-state index in [2.05, 4.69) is 33.1 Å². The van der Waals surface area contributed by atoms with Crippen molar-refractivity contribution < 1.29 is 5.11 Å². The summed E-state index contributed by atoms with van der Waals surface area (Å²) in [5.41, 5.74) is 1.24. The lowest BCUT2D eigenvalue weighted by atomic mass is 10.1. The number of hydrogen-bond acceptors (Lipinski definition) is 3. The normalized spacial score (nSPS) is 19.6. The number of hydrogen-bond donors (Lipinski definition) is 2. The van der Waals surface area contributed by atoms with Crippen molar-refractivity contribution in [2.24, 2.45) is 0 Å². The maximum atomic E-state index is 9.47. The molecule has 1 aromatic carbocycles. The molecule has 1 saturated heterocycles. The van der Waals surface area contributed by atoms with Crippen LogP contribution in [0.5, 0.6) is 5.75 Å². The van der Waals surface area contributed by atoms with Crippen LogP contribution >= 0.6 is 15.9 Å². The van der Waals surface area contributed by atoms with Gasteiger partial charge in [0, 0.05) is 32.2 Å². The molecule has 2 N–H and O–H groups in total. The van der Waals surface area contributed by atoms with Crippen LogP contribution < -0.4 is 5.32 Å². The first-order valence-electron chi connectivity index (χ1n) is 5.61. The second-order valence-electron chi connectivity index (χ2n) is 4.17. The van der Waals surface area contributed by atoms with Gasteiger partial charge in [-0.2, -0.15) is 0 Å². The van der Waals surface area contributed by atoms with Gasteiger partial charge >= 0.3 is 0 Å². The van der Waals surface area contributed by atoms with E-state index in [0.717, 1.165) is 30.7 Å². The summed E-state index contributed by atoms with van der Waals surface area (Å²) in [5.74, 6) is 0.302. The van der Waals surface area contributed by atoms with Crippen molar-refractivity contribution >= 4 is 15.9 Å². The summed E-state index contributed by atoms with van der Waals surface area (Å²) in [6, 6.07) is 6.14. The van der Waals surface area contributed by atoms with E-state index in [1.807, 2.05) is 12.1 Å². The van der Waals surface area contributed by atoms with Crippen LogP contribution in [0.15, 0.2) is 22.7 Å². The van der Waals surface area contributed by atoms with Gasteiger partial charge in [0.15, 0.2) is 0 Å². The molecule has 88 valence electrons. The Kier molecular flexibility index (Phi) is 3.84. The molecular weight excluding hydrogens is 268 g/mol. The molecule has 1 atom stereocenters. The van der Waals surface area contributed by atoms with Gasteiger partial charge in [0.25, 0.3) is 0 Å².